The molecule has 2 aromatic carbocycles. The van der Waals surface area contributed by atoms with Gasteiger partial charge in [-0.2, -0.15) is 4.31 Å². The molecule has 2 aromatic heterocycles. The van der Waals surface area contributed by atoms with Crippen LogP contribution in [0.1, 0.15) is 9.80 Å². The molecular formula is C23H19ClN4O3S2. The zero-order chi connectivity index (χ0) is 23.0. The summed E-state index contributed by atoms with van der Waals surface area (Å²) in [4.78, 5) is 24.2. The van der Waals surface area contributed by atoms with E-state index < -0.39 is 10.0 Å². The number of hydrogen-bond donors (Lipinski definition) is 0. The van der Waals surface area contributed by atoms with Gasteiger partial charge in [0.1, 0.15) is 0 Å². The standard InChI is InChI=1S/C23H19ClN4O3S2/c24-18-6-4-17-14-19(7-5-16(17)13-18)33(30,31)28-11-9-27(10-12-28)23(29)22-26-15-21(32-22)20-3-1-2-8-25-20/h1-8,13-15H,9-12H2. The third-order valence-electron chi connectivity index (χ3n) is 5.54. The summed E-state index contributed by atoms with van der Waals surface area (Å²) in [6, 6.07) is 15.9. The summed E-state index contributed by atoms with van der Waals surface area (Å²) in [7, 11) is -3.67. The Bertz CT molecular complexity index is 1430. The van der Waals surface area contributed by atoms with Crippen LogP contribution < -0.4 is 0 Å². The lowest BCUT2D eigenvalue weighted by Gasteiger charge is -2.33. The maximum absolute atomic E-state index is 13.2. The van der Waals surface area contributed by atoms with Crippen molar-refractivity contribution in [3.8, 4) is 10.6 Å². The largest absolute Gasteiger partial charge is 0.334 e. The number of aromatic nitrogens is 2. The number of fused-ring (bicyclic) bond motifs is 1. The van der Waals surface area contributed by atoms with Crippen LogP contribution in [-0.2, 0) is 10.0 Å². The molecule has 0 spiro atoms. The Hall–Kier alpha value is -2.85. The van der Waals surface area contributed by atoms with E-state index in [0.29, 0.717) is 23.1 Å². The van der Waals surface area contributed by atoms with E-state index in [-0.39, 0.29) is 23.9 Å². The molecule has 10 heteroatoms. The Morgan fingerprint density at radius 2 is 1.70 bits per heavy atom. The molecule has 0 saturated carbocycles. The molecule has 1 amide bonds. The minimum Gasteiger partial charge on any atom is -0.334 e. The maximum atomic E-state index is 13.2. The smallest absolute Gasteiger partial charge is 0.282 e. The highest BCUT2D eigenvalue weighted by molar-refractivity contribution is 7.89. The summed E-state index contributed by atoms with van der Waals surface area (Å²) >= 11 is 7.31. The molecule has 0 radical (unpaired) electrons. The first-order valence-electron chi connectivity index (χ1n) is 10.3. The zero-order valence-corrected chi connectivity index (χ0v) is 19.8. The van der Waals surface area contributed by atoms with Crippen molar-refractivity contribution in [2.24, 2.45) is 0 Å². The molecule has 1 fully saturated rings. The minimum absolute atomic E-state index is 0.193. The molecule has 1 aliphatic rings. The second-order valence-corrected chi connectivity index (χ2v) is 11.0. The van der Waals surface area contributed by atoms with Crippen LogP contribution in [0.5, 0.6) is 0 Å². The number of benzene rings is 2. The molecule has 4 aromatic rings. The van der Waals surface area contributed by atoms with Crippen molar-refractivity contribution in [3.63, 3.8) is 0 Å². The fraction of sp³-hybridized carbons (Fsp3) is 0.174. The minimum atomic E-state index is -3.67. The van der Waals surface area contributed by atoms with E-state index in [1.54, 1.807) is 53.7 Å². The lowest BCUT2D eigenvalue weighted by molar-refractivity contribution is 0.0697. The summed E-state index contributed by atoms with van der Waals surface area (Å²) in [6.07, 6.45) is 3.34. The Labute approximate surface area is 200 Å². The third-order valence-corrected chi connectivity index (χ3v) is 8.68. The van der Waals surface area contributed by atoms with Gasteiger partial charge >= 0.3 is 0 Å². The molecule has 33 heavy (non-hydrogen) atoms. The Morgan fingerprint density at radius 1 is 0.939 bits per heavy atom. The quantitative estimate of drug-likeness (QED) is 0.422. The van der Waals surface area contributed by atoms with Crippen molar-refractivity contribution in [2.75, 3.05) is 26.2 Å². The molecule has 0 bridgehead atoms. The van der Waals surface area contributed by atoms with E-state index in [1.807, 2.05) is 18.2 Å². The van der Waals surface area contributed by atoms with E-state index in [9.17, 15) is 13.2 Å². The van der Waals surface area contributed by atoms with Gasteiger partial charge < -0.3 is 4.90 Å². The summed E-state index contributed by atoms with van der Waals surface area (Å²) in [6.45, 7) is 1.07. The molecule has 5 rings (SSSR count). The van der Waals surface area contributed by atoms with Gasteiger partial charge in [0.25, 0.3) is 5.91 Å². The van der Waals surface area contributed by atoms with Crippen molar-refractivity contribution < 1.29 is 13.2 Å². The highest BCUT2D eigenvalue weighted by atomic mass is 35.5. The summed E-state index contributed by atoms with van der Waals surface area (Å²) < 4.78 is 27.8. The molecule has 0 atom stereocenters. The van der Waals surface area contributed by atoms with E-state index in [1.165, 1.54) is 15.6 Å². The van der Waals surface area contributed by atoms with Crippen molar-refractivity contribution in [2.45, 2.75) is 4.90 Å². The van der Waals surface area contributed by atoms with E-state index >= 15 is 0 Å². The van der Waals surface area contributed by atoms with Gasteiger partial charge in [0.2, 0.25) is 10.0 Å². The number of amides is 1. The molecule has 1 saturated heterocycles. The molecule has 0 aliphatic carbocycles. The normalized spacial score (nSPS) is 15.1. The van der Waals surface area contributed by atoms with Crippen LogP contribution in [-0.4, -0.2) is 59.7 Å². The van der Waals surface area contributed by atoms with Gasteiger partial charge in [0.15, 0.2) is 5.01 Å². The van der Waals surface area contributed by atoms with Crippen LogP contribution in [0, 0.1) is 0 Å². The summed E-state index contributed by atoms with van der Waals surface area (Å²) in [5.74, 6) is -0.193. The molecule has 0 unspecified atom stereocenters. The first kappa shape index (κ1) is 22.0. The molecule has 168 valence electrons. The number of thiazole rings is 1. The van der Waals surface area contributed by atoms with Crippen LogP contribution in [0.2, 0.25) is 5.02 Å². The van der Waals surface area contributed by atoms with Crippen LogP contribution in [0.25, 0.3) is 21.3 Å². The lowest BCUT2D eigenvalue weighted by atomic mass is 10.1. The number of nitrogens with zero attached hydrogens (tertiary/aromatic N) is 4. The lowest BCUT2D eigenvalue weighted by Crippen LogP contribution is -2.50. The first-order chi connectivity index (χ1) is 15.9. The number of sulfonamides is 1. The predicted molar refractivity (Wildman–Crippen MR) is 129 cm³/mol. The van der Waals surface area contributed by atoms with Crippen molar-refractivity contribution in [3.05, 3.63) is 77.0 Å². The molecule has 1 aliphatic heterocycles. The first-order valence-corrected chi connectivity index (χ1v) is 12.9. The number of piperazine rings is 1. The van der Waals surface area contributed by atoms with Crippen molar-refractivity contribution in [1.82, 2.24) is 19.2 Å². The second kappa shape index (κ2) is 8.83. The maximum Gasteiger partial charge on any atom is 0.282 e. The predicted octanol–water partition coefficient (Wildman–Crippen LogP) is 4.16. The zero-order valence-electron chi connectivity index (χ0n) is 17.4. The number of halogens is 1. The number of hydrogen-bond acceptors (Lipinski definition) is 6. The van der Waals surface area contributed by atoms with Crippen LogP contribution in [0.3, 0.4) is 0 Å². The summed E-state index contributed by atoms with van der Waals surface area (Å²) in [5, 5.41) is 2.67. The average Bonchev–Trinajstić information content (AvgIpc) is 3.34. The van der Waals surface area contributed by atoms with Gasteiger partial charge in [-0.15, -0.1) is 11.3 Å². The Balaban J connectivity index is 1.28. The Kier molecular flexibility index (Phi) is 5.88. The fourth-order valence-corrected chi connectivity index (χ4v) is 6.27. The number of pyridine rings is 1. The van der Waals surface area contributed by atoms with Gasteiger partial charge in [-0.25, -0.2) is 13.4 Å². The van der Waals surface area contributed by atoms with Gasteiger partial charge in [-0.3, -0.25) is 9.78 Å². The highest BCUT2D eigenvalue weighted by Crippen LogP contribution is 2.27. The molecular weight excluding hydrogens is 480 g/mol. The van der Waals surface area contributed by atoms with Crippen LogP contribution in [0.15, 0.2) is 71.9 Å². The van der Waals surface area contributed by atoms with Gasteiger partial charge in [-0.05, 0) is 47.2 Å². The monoisotopic (exact) mass is 498 g/mol. The molecule has 3 heterocycles. The van der Waals surface area contributed by atoms with Crippen molar-refractivity contribution in [1.29, 1.82) is 0 Å². The average molecular weight is 499 g/mol. The molecule has 0 N–H and O–H groups in total. The topological polar surface area (TPSA) is 83.5 Å². The van der Waals surface area contributed by atoms with Gasteiger partial charge in [0.05, 0.1) is 15.5 Å². The van der Waals surface area contributed by atoms with Gasteiger partial charge in [-0.1, -0.05) is 29.8 Å². The van der Waals surface area contributed by atoms with Crippen molar-refractivity contribution >= 4 is 49.6 Å². The number of carbonyl (C=O) groups is 1. The van der Waals surface area contributed by atoms with E-state index in [4.69, 9.17) is 11.6 Å². The van der Waals surface area contributed by atoms with E-state index in [0.717, 1.165) is 21.3 Å². The highest BCUT2D eigenvalue weighted by Gasteiger charge is 2.31. The molecule has 7 nitrogen and oxygen atoms in total. The Morgan fingerprint density at radius 3 is 2.45 bits per heavy atom. The SMILES string of the molecule is O=C(c1ncc(-c2ccccn2)s1)N1CCN(S(=O)(=O)c2ccc3cc(Cl)ccc3c2)CC1. The second-order valence-electron chi connectivity index (χ2n) is 7.59. The number of rotatable bonds is 4. The third kappa shape index (κ3) is 4.37. The van der Waals surface area contributed by atoms with Gasteiger partial charge in [0, 0.05) is 43.6 Å². The van der Waals surface area contributed by atoms with Crippen LogP contribution in [0.4, 0.5) is 0 Å². The fourth-order valence-electron chi connectivity index (χ4n) is 3.77. The number of carbonyl (C=O) groups excluding carboxylic acids is 1. The summed E-state index contributed by atoms with van der Waals surface area (Å²) in [5.41, 5.74) is 0.766. The van der Waals surface area contributed by atoms with Crippen LogP contribution >= 0.6 is 22.9 Å². The van der Waals surface area contributed by atoms with E-state index in [2.05, 4.69) is 9.97 Å².